The van der Waals surface area contributed by atoms with E-state index in [1.807, 2.05) is 35.0 Å². The molecule has 7 nitrogen and oxygen atoms in total. The Morgan fingerprint density at radius 1 is 1.08 bits per heavy atom. The van der Waals surface area contributed by atoms with Gasteiger partial charge in [-0.05, 0) is 36.2 Å². The number of amides is 1. The highest BCUT2D eigenvalue weighted by Crippen LogP contribution is 2.33. The van der Waals surface area contributed by atoms with Crippen molar-refractivity contribution in [2.24, 2.45) is 0 Å². The van der Waals surface area contributed by atoms with E-state index in [0.717, 1.165) is 23.3 Å². The summed E-state index contributed by atoms with van der Waals surface area (Å²) in [5.74, 6) is -0.325. The topological polar surface area (TPSA) is 77.0 Å². The molecule has 0 aliphatic rings. The monoisotopic (exact) mass is 505 g/mol. The smallest absolute Gasteiger partial charge is 0.337 e. The summed E-state index contributed by atoms with van der Waals surface area (Å²) in [7, 11) is 1.67. The minimum absolute atomic E-state index is 0.0908. The average molecular weight is 506 g/mol. The Kier molecular flexibility index (Phi) is 6.24. The number of benzene rings is 2. The Morgan fingerprint density at radius 2 is 1.84 bits per heavy atom. The van der Waals surface area contributed by atoms with Gasteiger partial charge in [-0.15, -0.1) is 0 Å². The van der Waals surface area contributed by atoms with Crippen molar-refractivity contribution < 1.29 is 22.5 Å². The van der Waals surface area contributed by atoms with Crippen LogP contribution in [0, 0.1) is 6.92 Å². The summed E-state index contributed by atoms with van der Waals surface area (Å²) in [5, 5.41) is 4.35. The van der Waals surface area contributed by atoms with Gasteiger partial charge < -0.3 is 14.0 Å². The third-order valence-electron chi connectivity index (χ3n) is 6.05. The summed E-state index contributed by atoms with van der Waals surface area (Å²) in [6.45, 7) is 2.71. The van der Waals surface area contributed by atoms with E-state index in [-0.39, 0.29) is 28.4 Å². The summed E-state index contributed by atoms with van der Waals surface area (Å²) >= 11 is 0. The number of pyridine rings is 1. The number of hydrogen-bond donors (Lipinski definition) is 0. The van der Waals surface area contributed by atoms with E-state index in [1.54, 1.807) is 31.4 Å². The van der Waals surface area contributed by atoms with Gasteiger partial charge in [0, 0.05) is 38.1 Å². The largest absolute Gasteiger partial charge is 0.416 e. The molecule has 10 heteroatoms. The van der Waals surface area contributed by atoms with Crippen LogP contribution in [0.3, 0.4) is 0 Å². The highest BCUT2D eigenvalue weighted by atomic mass is 19.4. The SMILES string of the molecule is Cc1noc2nc(-c3cccc(C(F)(F)F)c3)cc(C(=O)N(C)Cc3ccc(Cn4ccnc4)cc3)c12. The van der Waals surface area contributed by atoms with Gasteiger partial charge in [-0.3, -0.25) is 4.79 Å². The number of aromatic nitrogens is 4. The highest BCUT2D eigenvalue weighted by Gasteiger charge is 2.31. The number of imidazole rings is 1. The van der Waals surface area contributed by atoms with Crippen LogP contribution in [0.2, 0.25) is 0 Å². The van der Waals surface area contributed by atoms with Crippen LogP contribution >= 0.6 is 0 Å². The molecule has 0 radical (unpaired) electrons. The van der Waals surface area contributed by atoms with Gasteiger partial charge >= 0.3 is 6.18 Å². The van der Waals surface area contributed by atoms with E-state index in [9.17, 15) is 18.0 Å². The van der Waals surface area contributed by atoms with Crippen LogP contribution in [0.1, 0.15) is 32.7 Å². The second kappa shape index (κ2) is 9.53. The number of rotatable bonds is 6. The van der Waals surface area contributed by atoms with E-state index >= 15 is 0 Å². The lowest BCUT2D eigenvalue weighted by Gasteiger charge is -2.19. The maximum atomic E-state index is 13.5. The Morgan fingerprint density at radius 3 is 2.54 bits per heavy atom. The molecule has 0 N–H and O–H groups in total. The summed E-state index contributed by atoms with van der Waals surface area (Å²) in [4.78, 5) is 23.5. The molecule has 2 aromatic carbocycles. The molecule has 37 heavy (non-hydrogen) atoms. The third kappa shape index (κ3) is 5.09. The van der Waals surface area contributed by atoms with Crippen LogP contribution in [0.25, 0.3) is 22.4 Å². The van der Waals surface area contributed by atoms with E-state index in [2.05, 4.69) is 15.1 Å². The zero-order chi connectivity index (χ0) is 26.2. The zero-order valence-corrected chi connectivity index (χ0v) is 20.0. The lowest BCUT2D eigenvalue weighted by Crippen LogP contribution is -2.26. The van der Waals surface area contributed by atoms with Gasteiger partial charge in [-0.1, -0.05) is 41.6 Å². The molecule has 0 unspecified atom stereocenters. The minimum atomic E-state index is -4.50. The predicted octanol–water partition coefficient (Wildman–Crippen LogP) is 5.73. The Bertz CT molecular complexity index is 1560. The van der Waals surface area contributed by atoms with E-state index < -0.39 is 11.7 Å². The van der Waals surface area contributed by atoms with Crippen LogP contribution in [0.4, 0.5) is 13.2 Å². The molecule has 0 saturated carbocycles. The number of fused-ring (bicyclic) bond motifs is 1. The molecular formula is C27H22F3N5O2. The molecule has 1 amide bonds. The number of aryl methyl sites for hydroxylation is 1. The van der Waals surface area contributed by atoms with E-state index in [4.69, 9.17) is 4.52 Å². The molecule has 3 aromatic heterocycles. The molecule has 0 spiro atoms. The lowest BCUT2D eigenvalue weighted by molar-refractivity contribution is -0.137. The van der Waals surface area contributed by atoms with Crippen molar-refractivity contribution in [2.75, 3.05) is 7.05 Å². The first-order chi connectivity index (χ1) is 17.7. The van der Waals surface area contributed by atoms with Gasteiger partial charge in [-0.2, -0.15) is 13.2 Å². The van der Waals surface area contributed by atoms with Gasteiger partial charge in [0.05, 0.1) is 34.2 Å². The van der Waals surface area contributed by atoms with Crippen LogP contribution < -0.4 is 0 Å². The second-order valence-corrected chi connectivity index (χ2v) is 8.79. The van der Waals surface area contributed by atoms with Crippen molar-refractivity contribution in [1.82, 2.24) is 24.6 Å². The maximum absolute atomic E-state index is 13.5. The van der Waals surface area contributed by atoms with Crippen LogP contribution in [0.15, 0.2) is 77.8 Å². The molecule has 0 saturated heterocycles. The zero-order valence-electron chi connectivity index (χ0n) is 20.0. The van der Waals surface area contributed by atoms with Crippen molar-refractivity contribution in [3.8, 4) is 11.3 Å². The number of nitrogens with zero attached hydrogens (tertiary/aromatic N) is 5. The lowest BCUT2D eigenvalue weighted by atomic mass is 10.0. The van der Waals surface area contributed by atoms with Crippen molar-refractivity contribution >= 4 is 17.0 Å². The molecule has 0 atom stereocenters. The maximum Gasteiger partial charge on any atom is 0.416 e. The quantitative estimate of drug-likeness (QED) is 0.294. The van der Waals surface area contributed by atoms with Crippen molar-refractivity contribution in [3.05, 3.63) is 101 Å². The van der Waals surface area contributed by atoms with E-state index in [1.165, 1.54) is 18.2 Å². The fourth-order valence-corrected chi connectivity index (χ4v) is 4.16. The molecule has 5 rings (SSSR count). The summed E-state index contributed by atoms with van der Waals surface area (Å²) in [6, 6.07) is 14.2. The highest BCUT2D eigenvalue weighted by molar-refractivity contribution is 6.06. The summed E-state index contributed by atoms with van der Waals surface area (Å²) < 4.78 is 47.1. The molecule has 0 bridgehead atoms. The molecule has 188 valence electrons. The fourth-order valence-electron chi connectivity index (χ4n) is 4.16. The van der Waals surface area contributed by atoms with Crippen LogP contribution in [-0.4, -0.2) is 37.5 Å². The van der Waals surface area contributed by atoms with Gasteiger partial charge in [0.25, 0.3) is 11.6 Å². The number of carbonyl (C=O) groups excluding carboxylic acids is 1. The fraction of sp³-hybridized carbons (Fsp3) is 0.185. The molecule has 0 fully saturated rings. The van der Waals surface area contributed by atoms with Crippen molar-refractivity contribution in [2.45, 2.75) is 26.2 Å². The summed E-state index contributed by atoms with van der Waals surface area (Å²) in [5.41, 5.74) is 2.45. The third-order valence-corrected chi connectivity index (χ3v) is 6.05. The standard InChI is InChI=1S/C27H22F3N5O2/c1-17-24-22(13-23(32-25(24)37-33-17)20-4-3-5-21(12-20)27(28,29)30)26(36)34(2)14-18-6-8-19(9-7-18)15-35-11-10-31-16-35/h3-13,16H,14-15H2,1-2H3. The van der Waals surface area contributed by atoms with Gasteiger partial charge in [0.15, 0.2) is 0 Å². The number of alkyl halides is 3. The molecule has 3 heterocycles. The Labute approximate surface area is 210 Å². The van der Waals surface area contributed by atoms with Gasteiger partial charge in [0.1, 0.15) is 0 Å². The normalized spacial score (nSPS) is 11.7. The van der Waals surface area contributed by atoms with E-state index in [0.29, 0.717) is 24.2 Å². The molecule has 5 aromatic rings. The first kappa shape index (κ1) is 24.2. The minimum Gasteiger partial charge on any atom is -0.337 e. The molecule has 0 aliphatic heterocycles. The first-order valence-electron chi connectivity index (χ1n) is 11.4. The predicted molar refractivity (Wildman–Crippen MR) is 131 cm³/mol. The molecule has 0 aliphatic carbocycles. The van der Waals surface area contributed by atoms with Crippen LogP contribution in [0.5, 0.6) is 0 Å². The summed E-state index contributed by atoms with van der Waals surface area (Å²) in [6.07, 6.45) is 0.850. The second-order valence-electron chi connectivity index (χ2n) is 8.79. The van der Waals surface area contributed by atoms with Crippen LogP contribution in [-0.2, 0) is 19.3 Å². The number of carbonyl (C=O) groups is 1. The number of hydrogen-bond acceptors (Lipinski definition) is 5. The van der Waals surface area contributed by atoms with Gasteiger partial charge in [0.2, 0.25) is 0 Å². The molecular weight excluding hydrogens is 483 g/mol. The number of halogens is 3. The van der Waals surface area contributed by atoms with Gasteiger partial charge in [-0.25, -0.2) is 9.97 Å². The van der Waals surface area contributed by atoms with Crippen molar-refractivity contribution in [3.63, 3.8) is 0 Å². The Hall–Kier alpha value is -4.47. The average Bonchev–Trinajstić information content (AvgIpc) is 3.53. The first-order valence-corrected chi connectivity index (χ1v) is 11.4. The van der Waals surface area contributed by atoms with Crippen molar-refractivity contribution in [1.29, 1.82) is 0 Å². The Balaban J connectivity index is 1.43.